The molecule has 2 N–H and O–H groups in total. The van der Waals surface area contributed by atoms with Gasteiger partial charge in [-0.05, 0) is 36.5 Å². The molecule has 0 spiro atoms. The molecule has 18 heavy (non-hydrogen) atoms. The maximum Gasteiger partial charge on any atom is 0.407 e. The molecule has 1 aliphatic heterocycles. The van der Waals surface area contributed by atoms with Gasteiger partial charge in [-0.1, -0.05) is 0 Å². The number of piperidine rings is 1. The fourth-order valence-corrected chi connectivity index (χ4v) is 2.70. The van der Waals surface area contributed by atoms with Crippen LogP contribution in [0.5, 0.6) is 0 Å². The van der Waals surface area contributed by atoms with Gasteiger partial charge in [-0.15, -0.1) is 0 Å². The van der Waals surface area contributed by atoms with Gasteiger partial charge in [0.2, 0.25) is 0 Å². The van der Waals surface area contributed by atoms with E-state index >= 15 is 0 Å². The van der Waals surface area contributed by atoms with Crippen LogP contribution in [-0.2, 0) is 0 Å². The van der Waals surface area contributed by atoms with E-state index in [1.807, 2.05) is 12.3 Å². The van der Waals surface area contributed by atoms with Crippen LogP contribution in [0.4, 0.5) is 4.79 Å². The molecule has 2 aromatic rings. The van der Waals surface area contributed by atoms with E-state index in [2.05, 4.69) is 16.0 Å². The van der Waals surface area contributed by atoms with Crippen LogP contribution >= 0.6 is 0 Å². The number of H-pyrrole nitrogens is 1. The van der Waals surface area contributed by atoms with Gasteiger partial charge < -0.3 is 15.0 Å². The van der Waals surface area contributed by atoms with E-state index < -0.39 is 6.09 Å². The average Bonchev–Trinajstić information content (AvgIpc) is 2.82. The number of carboxylic acid groups (broad SMARTS) is 1. The molecule has 0 unspecified atom stereocenters. The van der Waals surface area contributed by atoms with Gasteiger partial charge in [0.05, 0.1) is 0 Å². The van der Waals surface area contributed by atoms with Crippen LogP contribution < -0.4 is 0 Å². The number of aromatic nitrogens is 2. The number of nitrogens with one attached hydrogen (secondary N) is 1. The van der Waals surface area contributed by atoms with E-state index in [4.69, 9.17) is 5.11 Å². The largest absolute Gasteiger partial charge is 0.465 e. The summed E-state index contributed by atoms with van der Waals surface area (Å²) in [4.78, 5) is 19.8. The number of hydrogen-bond acceptors (Lipinski definition) is 2. The van der Waals surface area contributed by atoms with Crippen molar-refractivity contribution in [2.75, 3.05) is 13.1 Å². The summed E-state index contributed by atoms with van der Waals surface area (Å²) in [7, 11) is 0. The molecule has 0 aromatic carbocycles. The molecule has 3 rings (SSSR count). The van der Waals surface area contributed by atoms with E-state index in [1.54, 1.807) is 6.20 Å². The summed E-state index contributed by atoms with van der Waals surface area (Å²) >= 11 is 0. The Morgan fingerprint density at radius 2 is 2.22 bits per heavy atom. The van der Waals surface area contributed by atoms with E-state index in [9.17, 15) is 4.79 Å². The molecule has 5 heteroatoms. The number of likely N-dealkylation sites (tertiary alicyclic amines) is 1. The Morgan fingerprint density at radius 3 is 2.94 bits per heavy atom. The Morgan fingerprint density at radius 1 is 1.44 bits per heavy atom. The van der Waals surface area contributed by atoms with Crippen LogP contribution in [0.2, 0.25) is 0 Å². The molecule has 0 aliphatic carbocycles. The molecule has 1 amide bonds. The van der Waals surface area contributed by atoms with Crippen molar-refractivity contribution in [1.82, 2.24) is 14.9 Å². The molecule has 94 valence electrons. The first-order chi connectivity index (χ1) is 8.75. The summed E-state index contributed by atoms with van der Waals surface area (Å²) in [5.41, 5.74) is 2.18. The summed E-state index contributed by atoms with van der Waals surface area (Å²) in [5.74, 6) is 0.429. The Bertz CT molecular complexity index is 570. The summed E-state index contributed by atoms with van der Waals surface area (Å²) in [6.07, 6.45) is 4.74. The molecule has 0 radical (unpaired) electrons. The van der Waals surface area contributed by atoms with Crippen molar-refractivity contribution in [3.05, 3.63) is 30.1 Å². The van der Waals surface area contributed by atoms with Gasteiger partial charge in [0.15, 0.2) is 0 Å². The lowest BCUT2D eigenvalue weighted by molar-refractivity contribution is 0.132. The van der Waals surface area contributed by atoms with Crippen LogP contribution in [0.3, 0.4) is 0 Å². The summed E-state index contributed by atoms with van der Waals surface area (Å²) in [6, 6.07) is 4.00. The monoisotopic (exact) mass is 245 g/mol. The summed E-state index contributed by atoms with van der Waals surface area (Å²) in [6.45, 7) is 1.24. The third kappa shape index (κ3) is 1.81. The number of aromatic amines is 1. The molecule has 5 nitrogen and oxygen atoms in total. The normalized spacial score (nSPS) is 17.2. The highest BCUT2D eigenvalue weighted by atomic mass is 16.4. The zero-order valence-electron chi connectivity index (χ0n) is 9.97. The van der Waals surface area contributed by atoms with E-state index in [-0.39, 0.29) is 0 Å². The molecular formula is C13H15N3O2. The second kappa shape index (κ2) is 4.33. The van der Waals surface area contributed by atoms with Crippen LogP contribution in [-0.4, -0.2) is 39.2 Å². The van der Waals surface area contributed by atoms with Crippen LogP contribution in [0.1, 0.15) is 24.3 Å². The SMILES string of the molecule is O=C(O)N1CCC(c2c[nH]c3ncccc23)CC1. The minimum absolute atomic E-state index is 0.429. The van der Waals surface area contributed by atoms with E-state index in [1.165, 1.54) is 10.5 Å². The Hall–Kier alpha value is -2.04. The van der Waals surface area contributed by atoms with Gasteiger partial charge in [0.25, 0.3) is 0 Å². The lowest BCUT2D eigenvalue weighted by atomic mass is 9.90. The molecule has 2 aromatic heterocycles. The van der Waals surface area contributed by atoms with Crippen molar-refractivity contribution in [2.45, 2.75) is 18.8 Å². The second-order valence-electron chi connectivity index (χ2n) is 4.69. The van der Waals surface area contributed by atoms with Crippen LogP contribution in [0.25, 0.3) is 11.0 Å². The third-order valence-corrected chi connectivity index (χ3v) is 3.69. The van der Waals surface area contributed by atoms with Crippen molar-refractivity contribution in [3.63, 3.8) is 0 Å². The van der Waals surface area contributed by atoms with Crippen molar-refractivity contribution >= 4 is 17.1 Å². The van der Waals surface area contributed by atoms with Crippen LogP contribution in [0.15, 0.2) is 24.5 Å². The highest BCUT2D eigenvalue weighted by molar-refractivity contribution is 5.80. The van der Waals surface area contributed by atoms with Crippen molar-refractivity contribution in [1.29, 1.82) is 0 Å². The third-order valence-electron chi connectivity index (χ3n) is 3.69. The number of amides is 1. The van der Waals surface area contributed by atoms with E-state index in [0.717, 1.165) is 23.9 Å². The number of carbonyl (C=O) groups is 1. The number of rotatable bonds is 1. The molecule has 3 heterocycles. The first-order valence-electron chi connectivity index (χ1n) is 6.15. The number of fused-ring (bicyclic) bond motifs is 1. The van der Waals surface area contributed by atoms with Gasteiger partial charge >= 0.3 is 6.09 Å². The molecule has 0 atom stereocenters. The zero-order valence-corrected chi connectivity index (χ0v) is 9.97. The van der Waals surface area contributed by atoms with Gasteiger partial charge in [0.1, 0.15) is 5.65 Å². The lowest BCUT2D eigenvalue weighted by Gasteiger charge is -2.29. The Labute approximate surface area is 104 Å². The second-order valence-corrected chi connectivity index (χ2v) is 4.69. The maximum atomic E-state index is 10.9. The summed E-state index contributed by atoms with van der Waals surface area (Å²) < 4.78 is 0. The van der Waals surface area contributed by atoms with Gasteiger partial charge in [-0.25, -0.2) is 9.78 Å². The predicted molar refractivity (Wildman–Crippen MR) is 67.7 cm³/mol. The topological polar surface area (TPSA) is 69.2 Å². The highest BCUT2D eigenvalue weighted by Crippen LogP contribution is 2.32. The highest BCUT2D eigenvalue weighted by Gasteiger charge is 2.24. The molecule has 1 fully saturated rings. The molecule has 1 aliphatic rings. The van der Waals surface area contributed by atoms with Crippen molar-refractivity contribution in [2.24, 2.45) is 0 Å². The zero-order chi connectivity index (χ0) is 12.5. The van der Waals surface area contributed by atoms with Crippen molar-refractivity contribution < 1.29 is 9.90 Å². The minimum Gasteiger partial charge on any atom is -0.465 e. The van der Waals surface area contributed by atoms with Crippen LogP contribution in [0, 0.1) is 0 Å². The first-order valence-corrected chi connectivity index (χ1v) is 6.15. The lowest BCUT2D eigenvalue weighted by Crippen LogP contribution is -2.36. The first kappa shape index (κ1) is 11.1. The standard InChI is InChI=1S/C13H15N3O2/c17-13(18)16-6-3-9(4-7-16)11-8-15-12-10(11)2-1-5-14-12/h1-2,5,8-9H,3-4,6-7H2,(H,14,15)(H,17,18). The quantitative estimate of drug-likeness (QED) is 0.810. The number of pyridine rings is 1. The predicted octanol–water partition coefficient (Wildman–Crippen LogP) is 2.42. The maximum absolute atomic E-state index is 10.9. The minimum atomic E-state index is -0.811. The molecule has 0 saturated carbocycles. The van der Waals surface area contributed by atoms with Gasteiger partial charge in [-0.2, -0.15) is 0 Å². The molecule has 1 saturated heterocycles. The van der Waals surface area contributed by atoms with E-state index in [0.29, 0.717) is 19.0 Å². The fourth-order valence-electron chi connectivity index (χ4n) is 2.70. The molecular weight excluding hydrogens is 230 g/mol. The van der Waals surface area contributed by atoms with Gasteiger partial charge in [-0.3, -0.25) is 0 Å². The molecule has 0 bridgehead atoms. The number of nitrogens with zero attached hydrogens (tertiary/aromatic N) is 2. The fraction of sp³-hybridized carbons (Fsp3) is 0.385. The Kier molecular flexibility index (Phi) is 2.66. The van der Waals surface area contributed by atoms with Crippen molar-refractivity contribution in [3.8, 4) is 0 Å². The summed E-state index contributed by atoms with van der Waals surface area (Å²) in [5, 5.41) is 10.1. The Balaban J connectivity index is 1.82. The number of hydrogen-bond donors (Lipinski definition) is 2. The average molecular weight is 245 g/mol. The van der Waals surface area contributed by atoms with Gasteiger partial charge in [0, 0.05) is 30.9 Å². The smallest absolute Gasteiger partial charge is 0.407 e.